The van der Waals surface area contributed by atoms with E-state index in [2.05, 4.69) is 60.8 Å². The second kappa shape index (κ2) is 9.08. The molecule has 160 valence electrons. The minimum absolute atomic E-state index is 0.0930. The summed E-state index contributed by atoms with van der Waals surface area (Å²) in [5.41, 5.74) is 2.77. The van der Waals surface area contributed by atoms with Crippen LogP contribution in [0.2, 0.25) is 18.1 Å². The Kier molecular flexibility index (Phi) is 6.90. The van der Waals surface area contributed by atoms with Gasteiger partial charge in [0.15, 0.2) is 8.32 Å². The summed E-state index contributed by atoms with van der Waals surface area (Å²) in [5.74, 6) is 0.673. The third-order valence-corrected chi connectivity index (χ3v) is 11.1. The number of alkyl halides is 1. The zero-order valence-corrected chi connectivity index (χ0v) is 20.9. The molecule has 4 nitrogen and oxygen atoms in total. The molecular formula is C24H30BrNO3Si. The summed E-state index contributed by atoms with van der Waals surface area (Å²) in [7, 11) is -1.89. The molecule has 2 aromatic carbocycles. The Bertz CT molecular complexity index is 1060. The van der Waals surface area contributed by atoms with Crippen molar-refractivity contribution in [1.82, 2.24) is 4.98 Å². The molecule has 0 fully saturated rings. The molecule has 1 atom stereocenters. The third kappa shape index (κ3) is 5.42. The average molecular weight is 488 g/mol. The molecule has 1 unspecified atom stereocenters. The van der Waals surface area contributed by atoms with Crippen molar-refractivity contribution in [1.29, 1.82) is 0 Å². The maximum absolute atomic E-state index is 12.0. The van der Waals surface area contributed by atoms with E-state index in [1.165, 1.54) is 0 Å². The summed E-state index contributed by atoms with van der Waals surface area (Å²) in [6.07, 6.45) is 0.702. The van der Waals surface area contributed by atoms with Gasteiger partial charge in [0.2, 0.25) is 5.56 Å². The molecule has 0 radical (unpaired) electrons. The number of nitrogens with one attached hydrogen (secondary N) is 1. The van der Waals surface area contributed by atoms with E-state index in [-0.39, 0.29) is 15.6 Å². The smallest absolute Gasteiger partial charge is 0.248 e. The topological polar surface area (TPSA) is 51.3 Å². The number of pyridine rings is 1. The number of fused-ring (bicyclic) bond motifs is 1. The molecule has 30 heavy (non-hydrogen) atoms. The summed E-state index contributed by atoms with van der Waals surface area (Å²) < 4.78 is 12.5. The fourth-order valence-corrected chi connectivity index (χ4v) is 5.86. The lowest BCUT2D eigenvalue weighted by Crippen LogP contribution is -2.43. The molecule has 0 aliphatic heterocycles. The van der Waals surface area contributed by atoms with Crippen molar-refractivity contribution >= 4 is 35.2 Å². The molecule has 1 N–H and O–H groups in total. The van der Waals surface area contributed by atoms with Crippen LogP contribution in [-0.4, -0.2) is 18.3 Å². The van der Waals surface area contributed by atoms with Gasteiger partial charge >= 0.3 is 0 Å². The van der Waals surface area contributed by atoms with E-state index in [1.54, 1.807) is 6.07 Å². The first kappa shape index (κ1) is 22.8. The molecule has 3 rings (SSSR count). The van der Waals surface area contributed by atoms with Gasteiger partial charge in [-0.3, -0.25) is 4.79 Å². The highest BCUT2D eigenvalue weighted by Gasteiger charge is 2.38. The predicted octanol–water partition coefficient (Wildman–Crippen LogP) is 6.39. The highest BCUT2D eigenvalue weighted by molar-refractivity contribution is 9.09. The van der Waals surface area contributed by atoms with E-state index >= 15 is 0 Å². The largest absolute Gasteiger partial charge is 0.487 e. The van der Waals surface area contributed by atoms with Gasteiger partial charge in [-0.05, 0) is 41.4 Å². The number of hydrogen-bond acceptors (Lipinski definition) is 3. The number of halogens is 1. The first-order valence-electron chi connectivity index (χ1n) is 10.2. The number of H-pyrrole nitrogens is 1. The Morgan fingerprint density at radius 3 is 2.40 bits per heavy atom. The van der Waals surface area contributed by atoms with Crippen LogP contribution in [-0.2, 0) is 17.5 Å². The Labute approximate surface area is 187 Å². The Morgan fingerprint density at radius 2 is 1.73 bits per heavy atom. The van der Waals surface area contributed by atoms with Crippen LogP contribution in [0.1, 0.15) is 31.9 Å². The standard InChI is InChI=1S/C24H30BrNO3Si/c1-24(2,3)30(4,5)29-21(25)15-18-11-13-20(23-19(18)12-14-22(27)26-23)28-16-17-9-7-6-8-10-17/h6-14,21H,15-16H2,1-5H3,(H,26,27). The van der Waals surface area contributed by atoms with Crippen molar-refractivity contribution in [3.8, 4) is 5.75 Å². The van der Waals surface area contributed by atoms with Gasteiger partial charge in [0.25, 0.3) is 0 Å². The normalized spacial score (nSPS) is 13.4. The maximum Gasteiger partial charge on any atom is 0.248 e. The lowest BCUT2D eigenvalue weighted by Gasteiger charge is -2.38. The first-order valence-corrected chi connectivity index (χ1v) is 14.0. The van der Waals surface area contributed by atoms with Gasteiger partial charge < -0.3 is 14.1 Å². The molecule has 0 amide bonds. The molecule has 6 heteroatoms. The molecular weight excluding hydrogens is 458 g/mol. The minimum Gasteiger partial charge on any atom is -0.487 e. The van der Waals surface area contributed by atoms with Crippen LogP contribution in [0, 0.1) is 0 Å². The number of ether oxygens (including phenoxy) is 1. The van der Waals surface area contributed by atoms with Crippen LogP contribution in [0.5, 0.6) is 5.75 Å². The predicted molar refractivity (Wildman–Crippen MR) is 130 cm³/mol. The molecule has 1 heterocycles. The molecule has 0 saturated heterocycles. The Hall–Kier alpha value is -1.89. The number of hydrogen-bond donors (Lipinski definition) is 1. The summed E-state index contributed by atoms with van der Waals surface area (Å²) in [5, 5.41) is 1.02. The highest BCUT2D eigenvalue weighted by Crippen LogP contribution is 2.38. The second-order valence-corrected chi connectivity index (χ2v) is 14.9. The van der Waals surface area contributed by atoms with Crippen LogP contribution in [0.15, 0.2) is 59.4 Å². The van der Waals surface area contributed by atoms with E-state index in [4.69, 9.17) is 9.16 Å². The highest BCUT2D eigenvalue weighted by atomic mass is 79.9. The van der Waals surface area contributed by atoms with Crippen molar-refractivity contribution in [3.63, 3.8) is 0 Å². The number of aromatic nitrogens is 1. The Morgan fingerprint density at radius 1 is 1.03 bits per heavy atom. The van der Waals surface area contributed by atoms with Crippen molar-refractivity contribution in [2.45, 2.75) is 56.9 Å². The molecule has 0 spiro atoms. The van der Waals surface area contributed by atoms with Crippen LogP contribution in [0.4, 0.5) is 0 Å². The first-order chi connectivity index (χ1) is 14.1. The summed E-state index contributed by atoms with van der Waals surface area (Å²) >= 11 is 3.73. The SMILES string of the molecule is CC(C)(C)[Si](C)(C)OC(Br)Cc1ccc(OCc2ccccc2)c2[nH]c(=O)ccc12. The van der Waals surface area contributed by atoms with Crippen LogP contribution in [0.3, 0.4) is 0 Å². The fraction of sp³-hybridized carbons (Fsp3) is 0.375. The molecule has 0 aliphatic carbocycles. The summed E-state index contributed by atoms with van der Waals surface area (Å²) in [4.78, 5) is 15.0. The van der Waals surface area contributed by atoms with Crippen molar-refractivity contribution < 1.29 is 9.16 Å². The third-order valence-electron chi connectivity index (χ3n) is 5.79. The fourth-order valence-electron chi connectivity index (χ4n) is 3.03. The molecule has 3 aromatic rings. The van der Waals surface area contributed by atoms with Gasteiger partial charge in [-0.15, -0.1) is 0 Å². The molecule has 1 aromatic heterocycles. The van der Waals surface area contributed by atoms with Crippen molar-refractivity contribution in [2.24, 2.45) is 0 Å². The zero-order chi connectivity index (χ0) is 21.9. The summed E-state index contributed by atoms with van der Waals surface area (Å²) in [6.45, 7) is 11.6. The molecule has 0 bridgehead atoms. The minimum atomic E-state index is -1.89. The Balaban J connectivity index is 1.85. The number of benzene rings is 2. The van der Waals surface area contributed by atoms with Gasteiger partial charge in [0.1, 0.15) is 17.4 Å². The van der Waals surface area contributed by atoms with Crippen LogP contribution < -0.4 is 10.3 Å². The van der Waals surface area contributed by atoms with Crippen LogP contribution >= 0.6 is 15.9 Å². The second-order valence-electron chi connectivity index (χ2n) is 9.10. The lowest BCUT2D eigenvalue weighted by molar-refractivity contribution is 0.267. The quantitative estimate of drug-likeness (QED) is 0.310. The van der Waals surface area contributed by atoms with E-state index in [1.807, 2.05) is 42.5 Å². The zero-order valence-electron chi connectivity index (χ0n) is 18.3. The van der Waals surface area contributed by atoms with E-state index in [9.17, 15) is 4.79 Å². The number of aromatic amines is 1. The monoisotopic (exact) mass is 487 g/mol. The van der Waals surface area contributed by atoms with E-state index < -0.39 is 8.32 Å². The lowest BCUT2D eigenvalue weighted by atomic mass is 10.1. The van der Waals surface area contributed by atoms with Gasteiger partial charge in [-0.1, -0.05) is 73.1 Å². The molecule has 0 saturated carbocycles. The maximum atomic E-state index is 12.0. The van der Waals surface area contributed by atoms with Crippen LogP contribution in [0.25, 0.3) is 10.9 Å². The van der Waals surface area contributed by atoms with Crippen molar-refractivity contribution in [3.05, 3.63) is 76.1 Å². The van der Waals surface area contributed by atoms with Gasteiger partial charge in [-0.25, -0.2) is 0 Å². The van der Waals surface area contributed by atoms with Gasteiger partial charge in [0.05, 0.1) is 5.52 Å². The average Bonchev–Trinajstić information content (AvgIpc) is 2.66. The van der Waals surface area contributed by atoms with Crippen molar-refractivity contribution in [2.75, 3.05) is 0 Å². The summed E-state index contributed by atoms with van der Waals surface area (Å²) in [6, 6.07) is 17.4. The van der Waals surface area contributed by atoms with E-state index in [0.29, 0.717) is 18.8 Å². The molecule has 0 aliphatic rings. The van der Waals surface area contributed by atoms with Gasteiger partial charge in [0, 0.05) is 17.9 Å². The van der Waals surface area contributed by atoms with E-state index in [0.717, 1.165) is 22.0 Å². The number of rotatable bonds is 7. The van der Waals surface area contributed by atoms with Gasteiger partial charge in [-0.2, -0.15) is 0 Å².